The van der Waals surface area contributed by atoms with E-state index < -0.39 is 11.9 Å². The zero-order valence-corrected chi connectivity index (χ0v) is 11.7. The molecule has 2 N–H and O–H groups in total. The van der Waals surface area contributed by atoms with Gasteiger partial charge >= 0.3 is 5.97 Å². The van der Waals surface area contributed by atoms with Gasteiger partial charge in [0.15, 0.2) is 0 Å². The van der Waals surface area contributed by atoms with Gasteiger partial charge in [-0.15, -0.1) is 0 Å². The van der Waals surface area contributed by atoms with E-state index in [0.717, 1.165) is 0 Å². The number of para-hydroxylation sites is 1. The van der Waals surface area contributed by atoms with Crippen LogP contribution >= 0.6 is 0 Å². The topological polar surface area (TPSA) is 93.4 Å². The van der Waals surface area contributed by atoms with Crippen molar-refractivity contribution >= 4 is 17.6 Å². The minimum absolute atomic E-state index is 0.130. The first-order valence-corrected chi connectivity index (χ1v) is 6.78. The maximum absolute atomic E-state index is 12.0. The molecular formula is C15H17N3O3. The second kappa shape index (κ2) is 6.37. The number of likely N-dealkylation sites (tertiary alicyclic amines) is 1. The fourth-order valence-electron chi connectivity index (χ4n) is 2.62. The lowest BCUT2D eigenvalue weighted by molar-refractivity contribution is -0.142. The highest BCUT2D eigenvalue weighted by Crippen LogP contribution is 2.24. The smallest absolute Gasteiger partial charge is 0.308 e. The van der Waals surface area contributed by atoms with Gasteiger partial charge in [0.25, 0.3) is 0 Å². The number of carboxylic acids is 1. The number of carbonyl (C=O) groups excluding carboxylic acids is 1. The van der Waals surface area contributed by atoms with Crippen LogP contribution in [0.2, 0.25) is 0 Å². The van der Waals surface area contributed by atoms with Crippen molar-refractivity contribution in [3.8, 4) is 6.07 Å². The number of hydrogen-bond acceptors (Lipinski definition) is 4. The van der Waals surface area contributed by atoms with Crippen LogP contribution in [0, 0.1) is 17.2 Å². The number of amides is 1. The number of hydrogen-bond donors (Lipinski definition) is 2. The van der Waals surface area contributed by atoms with E-state index in [-0.39, 0.29) is 18.5 Å². The molecular weight excluding hydrogens is 270 g/mol. The van der Waals surface area contributed by atoms with Crippen molar-refractivity contribution in [1.82, 2.24) is 4.90 Å². The lowest BCUT2D eigenvalue weighted by Crippen LogP contribution is -2.38. The van der Waals surface area contributed by atoms with Gasteiger partial charge in [0.1, 0.15) is 6.07 Å². The average Bonchev–Trinajstić information content (AvgIpc) is 2.81. The Bertz CT molecular complexity index is 594. The second-order valence-electron chi connectivity index (χ2n) is 5.15. The lowest BCUT2D eigenvalue weighted by Gasteiger charge is -2.22. The van der Waals surface area contributed by atoms with Gasteiger partial charge < -0.3 is 10.4 Å². The Morgan fingerprint density at radius 1 is 1.48 bits per heavy atom. The van der Waals surface area contributed by atoms with Crippen LogP contribution in [0.3, 0.4) is 0 Å². The molecule has 0 bridgehead atoms. The van der Waals surface area contributed by atoms with Crippen molar-refractivity contribution in [2.24, 2.45) is 5.92 Å². The number of nitriles is 1. The highest BCUT2D eigenvalue weighted by atomic mass is 16.4. The maximum Gasteiger partial charge on any atom is 0.308 e. The number of nitrogens with zero attached hydrogens (tertiary/aromatic N) is 2. The Balaban J connectivity index is 1.97. The minimum Gasteiger partial charge on any atom is -0.481 e. The largest absolute Gasteiger partial charge is 0.481 e. The molecule has 0 saturated carbocycles. The Kier molecular flexibility index (Phi) is 4.55. The van der Waals surface area contributed by atoms with Gasteiger partial charge in [0.05, 0.1) is 23.7 Å². The predicted octanol–water partition coefficient (Wildman–Crippen LogP) is 1.29. The van der Waals surface area contributed by atoms with Crippen LogP contribution in [0.25, 0.3) is 0 Å². The quantitative estimate of drug-likeness (QED) is 0.870. The van der Waals surface area contributed by atoms with E-state index in [4.69, 9.17) is 10.4 Å². The molecule has 0 aliphatic carbocycles. The standard InChI is InChI=1S/C15H17N3O3/c1-10-12(15(20)21)6-7-18(10)9-14(19)17-13-5-3-2-4-11(13)8-16/h2-5,10,12H,6-7,9H2,1H3,(H,17,19)(H,20,21). The zero-order valence-electron chi connectivity index (χ0n) is 11.7. The fraction of sp³-hybridized carbons (Fsp3) is 0.400. The van der Waals surface area contributed by atoms with E-state index in [1.54, 1.807) is 24.3 Å². The molecule has 1 aromatic rings. The number of nitrogens with one attached hydrogen (secondary N) is 1. The third kappa shape index (κ3) is 3.38. The predicted molar refractivity (Wildman–Crippen MR) is 76.6 cm³/mol. The van der Waals surface area contributed by atoms with Crippen LogP contribution in [0.15, 0.2) is 24.3 Å². The van der Waals surface area contributed by atoms with Crippen molar-refractivity contribution in [3.63, 3.8) is 0 Å². The minimum atomic E-state index is -0.819. The molecule has 1 fully saturated rings. The Labute approximate surface area is 123 Å². The molecule has 21 heavy (non-hydrogen) atoms. The first-order chi connectivity index (χ1) is 10.0. The maximum atomic E-state index is 12.0. The van der Waals surface area contributed by atoms with Crippen molar-refractivity contribution in [2.75, 3.05) is 18.4 Å². The average molecular weight is 287 g/mol. The molecule has 6 nitrogen and oxygen atoms in total. The van der Waals surface area contributed by atoms with Crippen molar-refractivity contribution in [1.29, 1.82) is 5.26 Å². The Hall–Kier alpha value is -2.39. The molecule has 0 radical (unpaired) electrons. The molecule has 1 aliphatic heterocycles. The molecule has 2 rings (SSSR count). The summed E-state index contributed by atoms with van der Waals surface area (Å²) < 4.78 is 0. The van der Waals surface area contributed by atoms with Gasteiger partial charge in [-0.05, 0) is 32.0 Å². The highest BCUT2D eigenvalue weighted by Gasteiger charge is 2.36. The number of aliphatic carboxylic acids is 1. The SMILES string of the molecule is CC1C(C(=O)O)CCN1CC(=O)Nc1ccccc1C#N. The van der Waals surface area contributed by atoms with E-state index >= 15 is 0 Å². The molecule has 0 spiro atoms. The molecule has 110 valence electrons. The molecule has 1 amide bonds. The van der Waals surface area contributed by atoms with Gasteiger partial charge in [0, 0.05) is 6.04 Å². The summed E-state index contributed by atoms with van der Waals surface area (Å²) in [7, 11) is 0. The molecule has 1 aliphatic rings. The van der Waals surface area contributed by atoms with Gasteiger partial charge in [-0.1, -0.05) is 12.1 Å². The van der Waals surface area contributed by atoms with Gasteiger partial charge in [-0.25, -0.2) is 0 Å². The van der Waals surface area contributed by atoms with E-state index in [0.29, 0.717) is 24.2 Å². The van der Waals surface area contributed by atoms with E-state index in [2.05, 4.69) is 5.32 Å². The number of anilines is 1. The van der Waals surface area contributed by atoms with Crippen LogP contribution < -0.4 is 5.32 Å². The molecule has 2 atom stereocenters. The third-order valence-electron chi connectivity index (χ3n) is 3.87. The van der Waals surface area contributed by atoms with E-state index in [9.17, 15) is 9.59 Å². The van der Waals surface area contributed by atoms with Crippen molar-refractivity contribution in [3.05, 3.63) is 29.8 Å². The number of rotatable bonds is 4. The summed E-state index contributed by atoms with van der Waals surface area (Å²) in [6.07, 6.45) is 0.554. The van der Waals surface area contributed by atoms with Crippen LogP contribution in [0.5, 0.6) is 0 Å². The summed E-state index contributed by atoms with van der Waals surface area (Å²) in [5, 5.41) is 20.8. The lowest BCUT2D eigenvalue weighted by atomic mass is 10.0. The van der Waals surface area contributed by atoms with Gasteiger partial charge in [-0.3, -0.25) is 14.5 Å². The molecule has 6 heteroatoms. The molecule has 1 saturated heterocycles. The van der Waals surface area contributed by atoms with Gasteiger partial charge in [-0.2, -0.15) is 5.26 Å². The van der Waals surface area contributed by atoms with E-state index in [1.807, 2.05) is 17.9 Å². The summed E-state index contributed by atoms with van der Waals surface area (Å²) in [6.45, 7) is 2.54. The summed E-state index contributed by atoms with van der Waals surface area (Å²) >= 11 is 0. The fourth-order valence-corrected chi connectivity index (χ4v) is 2.62. The van der Waals surface area contributed by atoms with Crippen molar-refractivity contribution in [2.45, 2.75) is 19.4 Å². The van der Waals surface area contributed by atoms with Crippen LogP contribution in [-0.4, -0.2) is 41.0 Å². The zero-order chi connectivity index (χ0) is 15.4. The molecule has 2 unspecified atom stereocenters. The summed E-state index contributed by atoms with van der Waals surface area (Å²) in [5.74, 6) is -1.49. The highest BCUT2D eigenvalue weighted by molar-refractivity contribution is 5.93. The Morgan fingerprint density at radius 3 is 2.81 bits per heavy atom. The first-order valence-electron chi connectivity index (χ1n) is 6.78. The van der Waals surface area contributed by atoms with Gasteiger partial charge in [0.2, 0.25) is 5.91 Å². The van der Waals surface area contributed by atoms with Crippen LogP contribution in [-0.2, 0) is 9.59 Å². The molecule has 1 heterocycles. The van der Waals surface area contributed by atoms with E-state index in [1.165, 1.54) is 0 Å². The second-order valence-corrected chi connectivity index (χ2v) is 5.15. The van der Waals surface area contributed by atoms with Crippen molar-refractivity contribution < 1.29 is 14.7 Å². The summed E-state index contributed by atoms with van der Waals surface area (Å²) in [5.41, 5.74) is 0.885. The monoisotopic (exact) mass is 287 g/mol. The Morgan fingerprint density at radius 2 is 2.19 bits per heavy atom. The normalized spacial score (nSPS) is 21.7. The van der Waals surface area contributed by atoms with Crippen LogP contribution in [0.1, 0.15) is 18.9 Å². The molecule has 1 aromatic carbocycles. The summed E-state index contributed by atoms with van der Waals surface area (Å²) in [6, 6.07) is 8.63. The number of benzene rings is 1. The summed E-state index contributed by atoms with van der Waals surface area (Å²) in [4.78, 5) is 25.0. The first kappa shape index (κ1) is 15.0. The third-order valence-corrected chi connectivity index (χ3v) is 3.87. The molecule has 0 aromatic heterocycles. The number of carbonyl (C=O) groups is 2. The number of carboxylic acid groups (broad SMARTS) is 1. The van der Waals surface area contributed by atoms with Crippen LogP contribution in [0.4, 0.5) is 5.69 Å².